The van der Waals surface area contributed by atoms with Gasteiger partial charge in [0.2, 0.25) is 5.91 Å². The number of carbonyl (C=O) groups excluding carboxylic acids is 1. The van der Waals surface area contributed by atoms with Crippen LogP contribution in [0.2, 0.25) is 0 Å². The Bertz CT molecular complexity index is 423. The van der Waals surface area contributed by atoms with Gasteiger partial charge in [-0.3, -0.25) is 9.59 Å². The molecule has 0 aromatic carbocycles. The van der Waals surface area contributed by atoms with Crippen LogP contribution < -0.4 is 5.73 Å². The van der Waals surface area contributed by atoms with E-state index in [0.717, 1.165) is 4.90 Å². The first-order valence-electron chi connectivity index (χ1n) is 6.28. The number of carbonyl (C=O) groups is 2. The van der Waals surface area contributed by atoms with E-state index < -0.39 is 36.8 Å². The van der Waals surface area contributed by atoms with Crippen LogP contribution in [0.25, 0.3) is 0 Å². The number of hydrogen-bond donors (Lipinski definition) is 2. The summed E-state index contributed by atoms with van der Waals surface area (Å²) in [6.45, 7) is -0.645. The zero-order chi connectivity index (χ0) is 15.3. The van der Waals surface area contributed by atoms with E-state index in [1.165, 1.54) is 0 Å². The van der Waals surface area contributed by atoms with Gasteiger partial charge in [0.15, 0.2) is 0 Å². The molecule has 1 saturated heterocycles. The third-order valence-electron chi connectivity index (χ3n) is 3.30. The molecule has 0 spiro atoms. The summed E-state index contributed by atoms with van der Waals surface area (Å²) in [5.41, 5.74) is 5.40. The zero-order valence-corrected chi connectivity index (χ0v) is 10.9. The van der Waals surface area contributed by atoms with Crippen LogP contribution in [0.15, 0.2) is 0 Å². The molecule has 1 aliphatic rings. The quantitative estimate of drug-likeness (QED) is 0.743. The van der Waals surface area contributed by atoms with Crippen LogP contribution in [-0.2, 0) is 9.59 Å². The molecule has 112 valence electrons. The summed E-state index contributed by atoms with van der Waals surface area (Å²) in [5, 5.41) is 17.4. The monoisotopic (exact) mass is 289 g/mol. The molecule has 0 radical (unpaired) electrons. The molecule has 8 heteroatoms. The fraction of sp³-hybridized carbons (Fsp3) is 0.750. The van der Waals surface area contributed by atoms with Gasteiger partial charge in [-0.25, -0.2) is 8.78 Å². The van der Waals surface area contributed by atoms with Gasteiger partial charge in [-0.05, 0) is 18.9 Å². The Kier molecular flexibility index (Phi) is 5.39. The summed E-state index contributed by atoms with van der Waals surface area (Å²) in [6.07, 6.45) is -0.683. The molecule has 1 aliphatic heterocycles. The molecule has 1 fully saturated rings. The van der Waals surface area contributed by atoms with E-state index in [4.69, 9.17) is 16.1 Å². The van der Waals surface area contributed by atoms with Crippen LogP contribution in [0, 0.1) is 17.2 Å². The lowest BCUT2D eigenvalue weighted by Gasteiger charge is -2.20. The number of carboxylic acid groups (broad SMARTS) is 1. The van der Waals surface area contributed by atoms with Gasteiger partial charge in [-0.2, -0.15) is 5.26 Å². The minimum atomic E-state index is -3.04. The third kappa shape index (κ3) is 4.42. The summed E-state index contributed by atoms with van der Waals surface area (Å²) in [5.74, 6) is -4.99. The summed E-state index contributed by atoms with van der Waals surface area (Å²) >= 11 is 0. The van der Waals surface area contributed by atoms with E-state index >= 15 is 0 Å². The minimum Gasteiger partial charge on any atom is -0.481 e. The van der Waals surface area contributed by atoms with Crippen molar-refractivity contribution < 1.29 is 23.5 Å². The van der Waals surface area contributed by atoms with E-state index in [1.54, 1.807) is 6.07 Å². The van der Waals surface area contributed by atoms with Crippen molar-refractivity contribution >= 4 is 11.9 Å². The predicted molar refractivity (Wildman–Crippen MR) is 64.7 cm³/mol. The molecule has 0 aromatic heterocycles. The summed E-state index contributed by atoms with van der Waals surface area (Å²) in [4.78, 5) is 23.3. The van der Waals surface area contributed by atoms with E-state index in [0.29, 0.717) is 0 Å². The Hall–Kier alpha value is -1.75. The molecule has 0 bridgehead atoms. The smallest absolute Gasteiger partial charge is 0.303 e. The first kappa shape index (κ1) is 16.3. The highest BCUT2D eigenvalue weighted by molar-refractivity contribution is 5.77. The standard InChI is InChI=1S/C12H17F2N3O3/c13-12(14)4-9(6-16)17(7-12)10(18)2-1-8(5-15)3-11(19)20/h8-9H,1-5,7,15H2,(H,19,20)/t8-,9-/m0/s1. The van der Waals surface area contributed by atoms with E-state index in [1.807, 2.05) is 0 Å². The first-order chi connectivity index (χ1) is 9.29. The second-order valence-corrected chi connectivity index (χ2v) is 4.96. The maximum Gasteiger partial charge on any atom is 0.303 e. The summed E-state index contributed by atoms with van der Waals surface area (Å²) in [7, 11) is 0. The molecule has 20 heavy (non-hydrogen) atoms. The van der Waals surface area contributed by atoms with Gasteiger partial charge in [0.1, 0.15) is 6.04 Å². The van der Waals surface area contributed by atoms with Gasteiger partial charge < -0.3 is 15.7 Å². The fourth-order valence-corrected chi connectivity index (χ4v) is 2.22. The second kappa shape index (κ2) is 6.61. The topological polar surface area (TPSA) is 107 Å². The number of likely N-dealkylation sites (tertiary alicyclic amines) is 1. The van der Waals surface area contributed by atoms with Crippen LogP contribution >= 0.6 is 0 Å². The van der Waals surface area contributed by atoms with Gasteiger partial charge in [0.05, 0.1) is 12.6 Å². The average molecular weight is 289 g/mol. The lowest BCUT2D eigenvalue weighted by atomic mass is 9.99. The molecule has 0 aliphatic carbocycles. The number of hydrogen-bond acceptors (Lipinski definition) is 4. The van der Waals surface area contributed by atoms with Gasteiger partial charge in [-0.15, -0.1) is 0 Å². The Morgan fingerprint density at radius 1 is 1.55 bits per heavy atom. The number of nitrogens with zero attached hydrogens (tertiary/aromatic N) is 2. The first-order valence-corrected chi connectivity index (χ1v) is 6.28. The van der Waals surface area contributed by atoms with Crippen molar-refractivity contribution in [2.75, 3.05) is 13.1 Å². The Morgan fingerprint density at radius 3 is 2.70 bits per heavy atom. The summed E-state index contributed by atoms with van der Waals surface area (Å²) < 4.78 is 26.4. The molecule has 2 atom stereocenters. The minimum absolute atomic E-state index is 0.0800. The molecular weight excluding hydrogens is 272 g/mol. The zero-order valence-electron chi connectivity index (χ0n) is 10.9. The van der Waals surface area contributed by atoms with Crippen molar-refractivity contribution in [2.45, 2.75) is 37.6 Å². The SMILES string of the molecule is N#C[C@@H]1CC(F)(F)CN1C(=O)CC[C@H](CN)CC(=O)O. The predicted octanol–water partition coefficient (Wildman–Crippen LogP) is 0.576. The molecule has 3 N–H and O–H groups in total. The molecular formula is C12H17F2N3O3. The Labute approximate surface area is 115 Å². The van der Waals surface area contributed by atoms with E-state index in [9.17, 15) is 18.4 Å². The molecule has 1 amide bonds. The average Bonchev–Trinajstić information content (AvgIpc) is 2.69. The van der Waals surface area contributed by atoms with Gasteiger partial charge in [-0.1, -0.05) is 0 Å². The molecule has 1 rings (SSSR count). The normalized spacial score (nSPS) is 22.3. The Morgan fingerprint density at radius 2 is 2.20 bits per heavy atom. The van der Waals surface area contributed by atoms with E-state index in [2.05, 4.69) is 0 Å². The number of carboxylic acids is 1. The molecule has 0 unspecified atom stereocenters. The van der Waals surface area contributed by atoms with Gasteiger partial charge in [0.25, 0.3) is 5.92 Å². The number of aliphatic carboxylic acids is 1. The number of rotatable bonds is 6. The van der Waals surface area contributed by atoms with E-state index in [-0.39, 0.29) is 31.7 Å². The van der Waals surface area contributed by atoms with Crippen molar-refractivity contribution in [3.05, 3.63) is 0 Å². The fourth-order valence-electron chi connectivity index (χ4n) is 2.22. The number of alkyl halides is 2. The second-order valence-electron chi connectivity index (χ2n) is 4.96. The maximum absolute atomic E-state index is 13.2. The third-order valence-corrected chi connectivity index (χ3v) is 3.30. The van der Waals surface area contributed by atoms with Crippen LogP contribution in [0.3, 0.4) is 0 Å². The lowest BCUT2D eigenvalue weighted by Crippen LogP contribution is -2.36. The number of nitriles is 1. The van der Waals surface area contributed by atoms with Crippen molar-refractivity contribution in [3.8, 4) is 6.07 Å². The molecule has 1 heterocycles. The lowest BCUT2D eigenvalue weighted by molar-refractivity contribution is -0.139. The highest BCUT2D eigenvalue weighted by Gasteiger charge is 2.46. The molecule has 6 nitrogen and oxygen atoms in total. The molecule has 0 saturated carbocycles. The number of nitrogens with two attached hydrogens (primary N) is 1. The summed E-state index contributed by atoms with van der Waals surface area (Å²) in [6, 6.07) is 0.573. The van der Waals surface area contributed by atoms with Gasteiger partial charge >= 0.3 is 5.97 Å². The van der Waals surface area contributed by atoms with Crippen molar-refractivity contribution in [1.82, 2.24) is 4.90 Å². The Balaban J connectivity index is 2.54. The number of halogens is 2. The van der Waals surface area contributed by atoms with Crippen LogP contribution in [0.5, 0.6) is 0 Å². The van der Waals surface area contributed by atoms with Crippen molar-refractivity contribution in [3.63, 3.8) is 0 Å². The largest absolute Gasteiger partial charge is 0.481 e. The van der Waals surface area contributed by atoms with Crippen LogP contribution in [-0.4, -0.2) is 46.9 Å². The van der Waals surface area contributed by atoms with Crippen molar-refractivity contribution in [2.24, 2.45) is 11.7 Å². The maximum atomic E-state index is 13.2. The molecule has 0 aromatic rings. The van der Waals surface area contributed by atoms with Crippen molar-refractivity contribution in [1.29, 1.82) is 5.26 Å². The van der Waals surface area contributed by atoms with Crippen LogP contribution in [0.4, 0.5) is 8.78 Å². The highest BCUT2D eigenvalue weighted by Crippen LogP contribution is 2.32. The van der Waals surface area contributed by atoms with Gasteiger partial charge in [0, 0.05) is 19.3 Å². The highest BCUT2D eigenvalue weighted by atomic mass is 19.3. The number of amides is 1. The van der Waals surface area contributed by atoms with Crippen LogP contribution in [0.1, 0.15) is 25.7 Å².